The number of rotatable bonds is 9. The highest BCUT2D eigenvalue weighted by Crippen LogP contribution is 2.29. The van der Waals surface area contributed by atoms with Crippen molar-refractivity contribution < 1.29 is 37.0 Å². The molecular formula is C26H31F3N2O5. The molecule has 2 amide bonds. The van der Waals surface area contributed by atoms with Crippen LogP contribution in [0.15, 0.2) is 54.6 Å². The van der Waals surface area contributed by atoms with Gasteiger partial charge < -0.3 is 20.1 Å². The van der Waals surface area contributed by atoms with E-state index in [0.29, 0.717) is 5.56 Å². The van der Waals surface area contributed by atoms with Gasteiger partial charge in [-0.2, -0.15) is 13.2 Å². The highest BCUT2D eigenvalue weighted by atomic mass is 19.4. The second-order valence-corrected chi connectivity index (χ2v) is 9.26. The Morgan fingerprint density at radius 1 is 0.889 bits per heavy atom. The number of benzene rings is 2. The van der Waals surface area contributed by atoms with E-state index in [0.717, 1.165) is 17.7 Å². The summed E-state index contributed by atoms with van der Waals surface area (Å²) in [5, 5.41) is 4.99. The first kappa shape index (κ1) is 28.7. The quantitative estimate of drug-likeness (QED) is 0.476. The molecule has 0 unspecified atom stereocenters. The second kappa shape index (κ2) is 12.4. The molecular weight excluding hydrogens is 477 g/mol. The molecule has 0 aliphatic carbocycles. The molecule has 2 rings (SSSR count). The molecule has 2 aromatic carbocycles. The second-order valence-electron chi connectivity index (χ2n) is 9.26. The molecule has 0 aliphatic heterocycles. The molecule has 0 aromatic heterocycles. The van der Waals surface area contributed by atoms with E-state index in [4.69, 9.17) is 9.47 Å². The maximum atomic E-state index is 12.9. The third kappa shape index (κ3) is 9.97. The molecule has 2 atom stereocenters. The molecule has 10 heteroatoms. The third-order valence-electron chi connectivity index (χ3n) is 4.95. The molecule has 0 bridgehead atoms. The molecule has 36 heavy (non-hydrogen) atoms. The summed E-state index contributed by atoms with van der Waals surface area (Å²) >= 11 is 0. The Kier molecular flexibility index (Phi) is 9.89. The lowest BCUT2D eigenvalue weighted by atomic mass is 10.0. The normalized spacial score (nSPS) is 13.3. The van der Waals surface area contributed by atoms with Gasteiger partial charge in [-0.15, -0.1) is 0 Å². The van der Waals surface area contributed by atoms with E-state index in [-0.39, 0.29) is 19.4 Å². The first-order valence-electron chi connectivity index (χ1n) is 11.4. The summed E-state index contributed by atoms with van der Waals surface area (Å²) in [5.74, 6) is -1.32. The smallest absolute Gasteiger partial charge is 0.416 e. The number of hydrogen-bond acceptors (Lipinski definition) is 5. The van der Waals surface area contributed by atoms with Gasteiger partial charge in [0.15, 0.2) is 0 Å². The molecule has 0 saturated heterocycles. The zero-order valence-corrected chi connectivity index (χ0v) is 20.6. The number of hydrogen-bond donors (Lipinski definition) is 2. The minimum Gasteiger partial charge on any atom is -0.459 e. The number of carbonyl (C=O) groups excluding carboxylic acids is 3. The average Bonchev–Trinajstić information content (AvgIpc) is 2.79. The van der Waals surface area contributed by atoms with Crippen LogP contribution in [-0.2, 0) is 38.3 Å². The Hall–Kier alpha value is -3.56. The largest absolute Gasteiger partial charge is 0.459 e. The van der Waals surface area contributed by atoms with Crippen LogP contribution < -0.4 is 10.6 Å². The van der Waals surface area contributed by atoms with Crippen LogP contribution in [0, 0.1) is 0 Å². The lowest BCUT2D eigenvalue weighted by Crippen LogP contribution is -2.52. The number of alkyl halides is 3. The molecule has 2 N–H and O–H groups in total. The van der Waals surface area contributed by atoms with E-state index < -0.39 is 47.4 Å². The number of amides is 2. The van der Waals surface area contributed by atoms with Gasteiger partial charge in [-0.3, -0.25) is 4.79 Å². The SMILES string of the molecule is C[C@H](NC(=O)[C@@H](CCc1ccc(C(F)(F)F)cc1)NC(=O)OC(C)(C)C)C(=O)OCc1ccccc1. The molecule has 0 saturated carbocycles. The molecule has 2 aromatic rings. The van der Waals surface area contributed by atoms with E-state index in [9.17, 15) is 27.6 Å². The third-order valence-corrected chi connectivity index (χ3v) is 4.95. The maximum Gasteiger partial charge on any atom is 0.416 e. The van der Waals surface area contributed by atoms with Crippen molar-refractivity contribution in [3.63, 3.8) is 0 Å². The molecule has 0 heterocycles. The minimum atomic E-state index is -4.45. The number of carbonyl (C=O) groups is 3. The number of alkyl carbamates (subject to hydrolysis) is 1. The van der Waals surface area contributed by atoms with Crippen molar-refractivity contribution >= 4 is 18.0 Å². The van der Waals surface area contributed by atoms with Crippen molar-refractivity contribution in [2.75, 3.05) is 0 Å². The molecule has 0 aliphatic rings. The van der Waals surface area contributed by atoms with E-state index >= 15 is 0 Å². The first-order valence-corrected chi connectivity index (χ1v) is 11.4. The Balaban J connectivity index is 2.02. The summed E-state index contributed by atoms with van der Waals surface area (Å²) < 4.78 is 48.9. The fraction of sp³-hybridized carbons (Fsp3) is 0.423. The predicted octanol–water partition coefficient (Wildman–Crippen LogP) is 4.78. The van der Waals surface area contributed by atoms with Gasteiger partial charge in [0.1, 0.15) is 24.3 Å². The zero-order chi connectivity index (χ0) is 26.9. The van der Waals surface area contributed by atoms with Crippen LogP contribution in [0.1, 0.15) is 50.8 Å². The highest BCUT2D eigenvalue weighted by molar-refractivity contribution is 5.89. The minimum absolute atomic E-state index is 0.0351. The van der Waals surface area contributed by atoms with Crippen molar-refractivity contribution in [1.29, 1.82) is 0 Å². The molecule has 0 radical (unpaired) electrons. The fourth-order valence-corrected chi connectivity index (χ4v) is 3.12. The van der Waals surface area contributed by atoms with Gasteiger partial charge in [0.2, 0.25) is 5.91 Å². The van der Waals surface area contributed by atoms with Gasteiger partial charge in [0.25, 0.3) is 0 Å². The van der Waals surface area contributed by atoms with Crippen molar-refractivity contribution in [2.45, 2.75) is 71.0 Å². The van der Waals surface area contributed by atoms with Gasteiger partial charge in [0.05, 0.1) is 5.56 Å². The van der Waals surface area contributed by atoms with Gasteiger partial charge >= 0.3 is 18.2 Å². The summed E-state index contributed by atoms with van der Waals surface area (Å²) in [4.78, 5) is 37.5. The first-order chi connectivity index (χ1) is 16.7. The summed E-state index contributed by atoms with van der Waals surface area (Å²) in [6.07, 6.45) is -5.04. The highest BCUT2D eigenvalue weighted by Gasteiger charge is 2.30. The number of halogens is 3. The van der Waals surface area contributed by atoms with Gasteiger partial charge in [-0.05, 0) is 63.8 Å². The Morgan fingerprint density at radius 3 is 2.06 bits per heavy atom. The van der Waals surface area contributed by atoms with Gasteiger partial charge in [-0.25, -0.2) is 9.59 Å². The van der Waals surface area contributed by atoms with Crippen molar-refractivity contribution in [3.05, 3.63) is 71.3 Å². The van der Waals surface area contributed by atoms with Crippen LogP contribution in [0.25, 0.3) is 0 Å². The van der Waals surface area contributed by atoms with E-state index in [1.54, 1.807) is 45.0 Å². The summed E-state index contributed by atoms with van der Waals surface area (Å²) in [7, 11) is 0. The van der Waals surface area contributed by atoms with Crippen LogP contribution in [0.4, 0.5) is 18.0 Å². The van der Waals surface area contributed by atoms with Crippen LogP contribution in [0.5, 0.6) is 0 Å². The van der Waals surface area contributed by atoms with Crippen LogP contribution in [0.3, 0.4) is 0 Å². The van der Waals surface area contributed by atoms with E-state index in [2.05, 4.69) is 10.6 Å². The Morgan fingerprint density at radius 2 is 1.50 bits per heavy atom. The summed E-state index contributed by atoms with van der Waals surface area (Å²) in [6, 6.07) is 11.4. The maximum absolute atomic E-state index is 12.9. The Labute approximate surface area is 208 Å². The topological polar surface area (TPSA) is 93.7 Å². The molecule has 0 spiro atoms. The summed E-state index contributed by atoms with van der Waals surface area (Å²) in [6.45, 7) is 6.47. The Bertz CT molecular complexity index is 1020. The van der Waals surface area contributed by atoms with Crippen molar-refractivity contribution in [2.24, 2.45) is 0 Å². The van der Waals surface area contributed by atoms with Crippen LogP contribution >= 0.6 is 0 Å². The number of esters is 1. The lowest BCUT2D eigenvalue weighted by molar-refractivity contribution is -0.148. The van der Waals surface area contributed by atoms with Gasteiger partial charge in [0, 0.05) is 0 Å². The van der Waals surface area contributed by atoms with E-state index in [1.807, 2.05) is 6.07 Å². The number of nitrogens with one attached hydrogen (secondary N) is 2. The van der Waals surface area contributed by atoms with E-state index in [1.165, 1.54) is 19.1 Å². The number of ether oxygens (including phenoxy) is 2. The van der Waals surface area contributed by atoms with Crippen LogP contribution in [0.2, 0.25) is 0 Å². The molecule has 196 valence electrons. The van der Waals surface area contributed by atoms with Crippen molar-refractivity contribution in [1.82, 2.24) is 10.6 Å². The van der Waals surface area contributed by atoms with Crippen molar-refractivity contribution in [3.8, 4) is 0 Å². The molecule has 0 fully saturated rings. The summed E-state index contributed by atoms with van der Waals surface area (Å²) in [5.41, 5.74) is -0.268. The van der Waals surface area contributed by atoms with Crippen LogP contribution in [-0.4, -0.2) is 35.7 Å². The van der Waals surface area contributed by atoms with Gasteiger partial charge in [-0.1, -0.05) is 42.5 Å². The monoisotopic (exact) mass is 508 g/mol. The number of aryl methyl sites for hydroxylation is 1. The average molecular weight is 509 g/mol. The lowest BCUT2D eigenvalue weighted by Gasteiger charge is -2.24. The predicted molar refractivity (Wildman–Crippen MR) is 127 cm³/mol. The molecule has 7 nitrogen and oxygen atoms in total. The fourth-order valence-electron chi connectivity index (χ4n) is 3.12. The zero-order valence-electron chi connectivity index (χ0n) is 20.6. The standard InChI is InChI=1S/C26H31F3N2O5/c1-17(23(33)35-16-19-8-6-5-7-9-19)30-22(32)21(31-24(34)36-25(2,3)4)15-12-18-10-13-20(14-11-18)26(27,28)29/h5-11,13-14,17,21H,12,15-16H2,1-4H3,(H,30,32)(H,31,34)/t17-,21+/m0/s1.